The summed E-state index contributed by atoms with van der Waals surface area (Å²) in [6, 6.07) is 3.82. The van der Waals surface area contributed by atoms with E-state index in [1.165, 1.54) is 19.1 Å². The molecular formula is C10H14ClF2NO2S. The van der Waals surface area contributed by atoms with Gasteiger partial charge in [-0.15, -0.1) is 12.4 Å². The van der Waals surface area contributed by atoms with Gasteiger partial charge in [-0.05, 0) is 31.0 Å². The molecule has 2 N–H and O–H groups in total. The summed E-state index contributed by atoms with van der Waals surface area (Å²) in [5, 5.41) is 0. The lowest BCUT2D eigenvalue weighted by atomic mass is 10.0. The minimum Gasteiger partial charge on any atom is -0.324 e. The third-order valence-corrected chi connectivity index (χ3v) is 3.88. The van der Waals surface area contributed by atoms with Gasteiger partial charge in [0.1, 0.15) is 0 Å². The van der Waals surface area contributed by atoms with E-state index in [0.29, 0.717) is 5.56 Å². The Hall–Kier alpha value is -0.720. The Kier molecular flexibility index (Phi) is 5.51. The number of hydrogen-bond donors (Lipinski definition) is 1. The molecule has 1 aromatic rings. The van der Waals surface area contributed by atoms with Crippen LogP contribution in [0.1, 0.15) is 24.1 Å². The van der Waals surface area contributed by atoms with Crippen molar-refractivity contribution in [3.8, 4) is 0 Å². The van der Waals surface area contributed by atoms with E-state index in [9.17, 15) is 17.2 Å². The van der Waals surface area contributed by atoms with Crippen LogP contribution in [0.3, 0.4) is 0 Å². The summed E-state index contributed by atoms with van der Waals surface area (Å²) in [5.74, 6) is -3.41. The van der Waals surface area contributed by atoms with Gasteiger partial charge in [0.2, 0.25) is 9.84 Å². The number of sulfone groups is 1. The maximum Gasteiger partial charge on any atom is 0.341 e. The van der Waals surface area contributed by atoms with Crippen molar-refractivity contribution in [2.45, 2.75) is 30.5 Å². The van der Waals surface area contributed by atoms with E-state index >= 15 is 0 Å². The molecule has 0 fully saturated rings. The third kappa shape index (κ3) is 3.14. The van der Waals surface area contributed by atoms with Gasteiger partial charge in [-0.25, -0.2) is 8.42 Å². The normalized spacial score (nSPS) is 13.3. The molecule has 0 amide bonds. The van der Waals surface area contributed by atoms with Crippen molar-refractivity contribution in [2.24, 2.45) is 5.73 Å². The zero-order chi connectivity index (χ0) is 12.5. The van der Waals surface area contributed by atoms with E-state index in [0.717, 1.165) is 0 Å². The summed E-state index contributed by atoms with van der Waals surface area (Å²) < 4.78 is 47.5. The average Bonchev–Trinajstić information content (AvgIpc) is 2.16. The lowest BCUT2D eigenvalue weighted by Crippen LogP contribution is -2.15. The smallest absolute Gasteiger partial charge is 0.324 e. The minimum atomic E-state index is -4.55. The van der Waals surface area contributed by atoms with E-state index in [2.05, 4.69) is 0 Å². The Bertz CT molecular complexity index is 489. The second-order valence-corrected chi connectivity index (χ2v) is 5.45. The molecule has 0 unspecified atom stereocenters. The van der Waals surface area contributed by atoms with E-state index in [-0.39, 0.29) is 22.9 Å². The SMILES string of the molecule is Cc1c([C@@H](C)N)cccc1S(=O)(=O)C(F)F.Cl. The van der Waals surface area contributed by atoms with Crippen molar-refractivity contribution in [1.29, 1.82) is 0 Å². The first-order chi connectivity index (χ1) is 7.28. The molecule has 0 aliphatic rings. The van der Waals surface area contributed by atoms with Crippen LogP contribution in [-0.4, -0.2) is 14.2 Å². The predicted octanol–water partition coefficient (Wildman–Crippen LogP) is 2.43. The molecule has 7 heteroatoms. The van der Waals surface area contributed by atoms with Crippen molar-refractivity contribution in [2.75, 3.05) is 0 Å². The largest absolute Gasteiger partial charge is 0.341 e. The average molecular weight is 286 g/mol. The molecule has 0 radical (unpaired) electrons. The second kappa shape index (κ2) is 5.75. The Morgan fingerprint density at radius 2 is 1.82 bits per heavy atom. The highest BCUT2D eigenvalue weighted by Gasteiger charge is 2.28. The Morgan fingerprint density at radius 1 is 1.29 bits per heavy atom. The molecule has 1 aromatic carbocycles. The molecule has 0 aliphatic heterocycles. The molecule has 0 saturated carbocycles. The number of halogens is 3. The maximum absolute atomic E-state index is 12.4. The number of benzene rings is 1. The maximum atomic E-state index is 12.4. The Balaban J connectivity index is 0.00000256. The van der Waals surface area contributed by atoms with Gasteiger partial charge in [0.25, 0.3) is 0 Å². The van der Waals surface area contributed by atoms with Crippen LogP contribution in [0.25, 0.3) is 0 Å². The standard InChI is InChI=1S/C10H13F2NO2S.ClH/c1-6-8(7(2)13)4-3-5-9(6)16(14,15)10(11)12;/h3-5,7,10H,13H2,1-2H3;1H/t7-;/m1./s1. The lowest BCUT2D eigenvalue weighted by Gasteiger charge is -2.13. The van der Waals surface area contributed by atoms with E-state index in [4.69, 9.17) is 5.73 Å². The van der Waals surface area contributed by atoms with Gasteiger partial charge in [0.15, 0.2) is 0 Å². The first-order valence-electron chi connectivity index (χ1n) is 4.65. The summed E-state index contributed by atoms with van der Waals surface area (Å²) in [6.45, 7) is 3.15. The Morgan fingerprint density at radius 3 is 2.24 bits per heavy atom. The monoisotopic (exact) mass is 285 g/mol. The minimum absolute atomic E-state index is 0. The molecule has 0 saturated heterocycles. The van der Waals surface area contributed by atoms with Crippen LogP contribution >= 0.6 is 12.4 Å². The first kappa shape index (κ1) is 16.3. The van der Waals surface area contributed by atoms with Crippen molar-refractivity contribution < 1.29 is 17.2 Å². The van der Waals surface area contributed by atoms with Gasteiger partial charge in [0, 0.05) is 6.04 Å². The van der Waals surface area contributed by atoms with E-state index in [1.807, 2.05) is 0 Å². The van der Waals surface area contributed by atoms with Crippen LogP contribution in [0.4, 0.5) is 8.78 Å². The van der Waals surface area contributed by atoms with Crippen LogP contribution in [0.15, 0.2) is 23.1 Å². The fourth-order valence-electron chi connectivity index (χ4n) is 1.53. The lowest BCUT2D eigenvalue weighted by molar-refractivity contribution is 0.234. The fraction of sp³-hybridized carbons (Fsp3) is 0.400. The molecule has 17 heavy (non-hydrogen) atoms. The first-order valence-corrected chi connectivity index (χ1v) is 6.20. The van der Waals surface area contributed by atoms with Crippen LogP contribution in [0, 0.1) is 6.92 Å². The fourth-order valence-corrected chi connectivity index (χ4v) is 2.53. The number of nitrogens with two attached hydrogens (primary N) is 1. The van der Waals surface area contributed by atoms with Crippen molar-refractivity contribution in [3.63, 3.8) is 0 Å². The number of hydrogen-bond acceptors (Lipinski definition) is 3. The summed E-state index contributed by atoms with van der Waals surface area (Å²) >= 11 is 0. The van der Waals surface area contributed by atoms with Gasteiger partial charge in [0.05, 0.1) is 4.90 Å². The number of rotatable bonds is 3. The number of alkyl halides is 2. The van der Waals surface area contributed by atoms with Crippen molar-refractivity contribution in [3.05, 3.63) is 29.3 Å². The topological polar surface area (TPSA) is 60.2 Å². The molecule has 1 atom stereocenters. The third-order valence-electron chi connectivity index (χ3n) is 2.36. The highest BCUT2D eigenvalue weighted by atomic mass is 35.5. The zero-order valence-corrected chi connectivity index (χ0v) is 11.0. The molecule has 98 valence electrons. The molecule has 0 heterocycles. The molecule has 3 nitrogen and oxygen atoms in total. The molecule has 0 aromatic heterocycles. The highest BCUT2D eigenvalue weighted by Crippen LogP contribution is 2.26. The van der Waals surface area contributed by atoms with Crippen LogP contribution in [0.5, 0.6) is 0 Å². The Labute approximate surface area is 105 Å². The van der Waals surface area contributed by atoms with Crippen LogP contribution < -0.4 is 5.73 Å². The second-order valence-electron chi connectivity index (χ2n) is 3.56. The van der Waals surface area contributed by atoms with Crippen molar-refractivity contribution >= 4 is 22.2 Å². The van der Waals surface area contributed by atoms with E-state index in [1.54, 1.807) is 13.0 Å². The van der Waals surface area contributed by atoms with Crippen LogP contribution in [0.2, 0.25) is 0 Å². The molecule has 0 aliphatic carbocycles. The highest BCUT2D eigenvalue weighted by molar-refractivity contribution is 7.91. The van der Waals surface area contributed by atoms with Gasteiger partial charge in [-0.1, -0.05) is 12.1 Å². The molecule has 0 spiro atoms. The summed E-state index contributed by atoms with van der Waals surface area (Å²) in [6.07, 6.45) is 0. The van der Waals surface area contributed by atoms with Gasteiger partial charge >= 0.3 is 5.76 Å². The van der Waals surface area contributed by atoms with Gasteiger partial charge < -0.3 is 5.73 Å². The quantitative estimate of drug-likeness (QED) is 0.928. The zero-order valence-electron chi connectivity index (χ0n) is 9.35. The summed E-state index contributed by atoms with van der Waals surface area (Å²) in [5.41, 5.74) is 6.47. The molecule has 1 rings (SSSR count). The van der Waals surface area contributed by atoms with E-state index < -0.39 is 21.6 Å². The van der Waals surface area contributed by atoms with Crippen molar-refractivity contribution in [1.82, 2.24) is 0 Å². The predicted molar refractivity (Wildman–Crippen MR) is 64.2 cm³/mol. The van der Waals surface area contributed by atoms with Gasteiger partial charge in [-0.3, -0.25) is 0 Å². The summed E-state index contributed by atoms with van der Waals surface area (Å²) in [4.78, 5) is -0.350. The molecular weight excluding hydrogens is 272 g/mol. The summed E-state index contributed by atoms with van der Waals surface area (Å²) in [7, 11) is -4.55. The van der Waals surface area contributed by atoms with Gasteiger partial charge in [-0.2, -0.15) is 8.78 Å². The van der Waals surface area contributed by atoms with Crippen LogP contribution in [-0.2, 0) is 9.84 Å². The molecule has 0 bridgehead atoms.